The second-order valence-electron chi connectivity index (χ2n) is 4.17. The normalized spacial score (nSPS) is 11.6. The zero-order valence-corrected chi connectivity index (χ0v) is 10.4. The van der Waals surface area contributed by atoms with Crippen LogP contribution >= 0.6 is 0 Å². The van der Waals surface area contributed by atoms with Gasteiger partial charge >= 0.3 is 0 Å². The second-order valence-corrected chi connectivity index (χ2v) is 4.17. The molecule has 1 aromatic carbocycles. The summed E-state index contributed by atoms with van der Waals surface area (Å²) in [6, 6.07) is 11.7. The molecule has 0 saturated heterocycles. The molecule has 4 heteroatoms. The van der Waals surface area contributed by atoms with E-state index in [4.69, 9.17) is 11.0 Å². The Balaban J connectivity index is 2.20. The molecule has 0 heterocycles. The number of amides is 1. The third-order valence-electron chi connectivity index (χ3n) is 2.70. The van der Waals surface area contributed by atoms with Gasteiger partial charge in [0.1, 0.15) is 0 Å². The third kappa shape index (κ3) is 5.46. The first-order valence-electron chi connectivity index (χ1n) is 6.18. The van der Waals surface area contributed by atoms with Crippen molar-refractivity contribution in [3.63, 3.8) is 0 Å². The first kappa shape index (κ1) is 14.2. The summed E-state index contributed by atoms with van der Waals surface area (Å²) in [6.07, 6.45) is 2.23. The van der Waals surface area contributed by atoms with E-state index in [1.54, 1.807) is 0 Å². The number of hydrogen-bond donors (Lipinski definition) is 2. The van der Waals surface area contributed by atoms with Crippen LogP contribution in [0.4, 0.5) is 0 Å². The molecule has 1 aromatic rings. The lowest BCUT2D eigenvalue weighted by Crippen LogP contribution is -2.25. The molecule has 0 spiro atoms. The lowest BCUT2D eigenvalue weighted by molar-refractivity contribution is -0.121. The van der Waals surface area contributed by atoms with Gasteiger partial charge in [0.05, 0.1) is 6.07 Å². The van der Waals surface area contributed by atoms with Crippen molar-refractivity contribution in [1.29, 1.82) is 5.26 Å². The molecule has 1 rings (SSSR count). The summed E-state index contributed by atoms with van der Waals surface area (Å²) >= 11 is 0. The molecule has 18 heavy (non-hydrogen) atoms. The highest BCUT2D eigenvalue weighted by Crippen LogP contribution is 2.14. The standard InChI is InChI=1S/C14H19N3O/c15-10-4-5-11-17-14(18)9-8-13(16)12-6-2-1-3-7-12/h1-3,6-7,13H,4-5,8-9,11,16H2,(H,17,18). The summed E-state index contributed by atoms with van der Waals surface area (Å²) in [5.41, 5.74) is 7.05. The van der Waals surface area contributed by atoms with Gasteiger partial charge in [-0.25, -0.2) is 0 Å². The Morgan fingerprint density at radius 3 is 2.78 bits per heavy atom. The van der Waals surface area contributed by atoms with Crippen LogP contribution in [-0.4, -0.2) is 12.5 Å². The third-order valence-corrected chi connectivity index (χ3v) is 2.70. The van der Waals surface area contributed by atoms with E-state index < -0.39 is 0 Å². The number of nitriles is 1. The van der Waals surface area contributed by atoms with E-state index in [1.165, 1.54) is 0 Å². The van der Waals surface area contributed by atoms with Gasteiger partial charge in [-0.3, -0.25) is 4.79 Å². The van der Waals surface area contributed by atoms with Gasteiger partial charge in [-0.1, -0.05) is 30.3 Å². The second kappa shape index (κ2) is 8.26. The van der Waals surface area contributed by atoms with Gasteiger partial charge < -0.3 is 11.1 Å². The maximum absolute atomic E-state index is 11.5. The van der Waals surface area contributed by atoms with E-state index in [0.717, 1.165) is 5.56 Å². The minimum absolute atomic E-state index is 0.000629. The number of nitrogens with one attached hydrogen (secondary N) is 1. The van der Waals surface area contributed by atoms with Crippen molar-refractivity contribution in [1.82, 2.24) is 5.32 Å². The number of unbranched alkanes of at least 4 members (excludes halogenated alkanes) is 1. The fourth-order valence-electron chi connectivity index (χ4n) is 1.64. The molecule has 0 saturated carbocycles. The average molecular weight is 245 g/mol. The van der Waals surface area contributed by atoms with Crippen LogP contribution in [0.25, 0.3) is 0 Å². The number of carbonyl (C=O) groups is 1. The van der Waals surface area contributed by atoms with E-state index in [-0.39, 0.29) is 11.9 Å². The SMILES string of the molecule is N#CCCCNC(=O)CCC(N)c1ccccc1. The highest BCUT2D eigenvalue weighted by Gasteiger charge is 2.08. The largest absolute Gasteiger partial charge is 0.356 e. The number of nitrogens with two attached hydrogens (primary N) is 1. The quantitative estimate of drug-likeness (QED) is 0.720. The maximum atomic E-state index is 11.5. The van der Waals surface area contributed by atoms with Crippen LogP contribution < -0.4 is 11.1 Å². The van der Waals surface area contributed by atoms with Crippen molar-refractivity contribution in [2.45, 2.75) is 31.7 Å². The zero-order valence-electron chi connectivity index (χ0n) is 10.4. The van der Waals surface area contributed by atoms with Crippen LogP contribution in [0, 0.1) is 11.3 Å². The van der Waals surface area contributed by atoms with Gasteiger partial charge in [0.15, 0.2) is 0 Å². The maximum Gasteiger partial charge on any atom is 0.220 e. The summed E-state index contributed by atoms with van der Waals surface area (Å²) in [4.78, 5) is 11.5. The predicted molar refractivity (Wildman–Crippen MR) is 70.5 cm³/mol. The molecule has 1 atom stereocenters. The zero-order chi connectivity index (χ0) is 13.2. The number of hydrogen-bond acceptors (Lipinski definition) is 3. The molecule has 0 aliphatic carbocycles. The molecule has 0 aromatic heterocycles. The van der Waals surface area contributed by atoms with E-state index in [9.17, 15) is 4.79 Å². The van der Waals surface area contributed by atoms with E-state index >= 15 is 0 Å². The van der Waals surface area contributed by atoms with Crippen LogP contribution in [0.5, 0.6) is 0 Å². The molecule has 1 unspecified atom stereocenters. The van der Waals surface area contributed by atoms with Crippen molar-refractivity contribution in [3.05, 3.63) is 35.9 Å². The Morgan fingerprint density at radius 1 is 1.39 bits per heavy atom. The number of rotatable bonds is 7. The Labute approximate surface area is 108 Å². The highest BCUT2D eigenvalue weighted by atomic mass is 16.1. The van der Waals surface area contributed by atoms with Crippen molar-refractivity contribution >= 4 is 5.91 Å². The van der Waals surface area contributed by atoms with Gasteiger partial charge in [-0.15, -0.1) is 0 Å². The monoisotopic (exact) mass is 245 g/mol. The molecule has 0 fully saturated rings. The van der Waals surface area contributed by atoms with Crippen LogP contribution in [0.15, 0.2) is 30.3 Å². The Hall–Kier alpha value is -1.86. The summed E-state index contributed by atoms with van der Waals surface area (Å²) in [5, 5.41) is 11.1. The Kier molecular flexibility index (Phi) is 6.52. The molecule has 1 amide bonds. The molecule has 0 radical (unpaired) electrons. The van der Waals surface area contributed by atoms with Gasteiger partial charge in [-0.05, 0) is 18.4 Å². The van der Waals surface area contributed by atoms with E-state index in [2.05, 4.69) is 5.32 Å². The smallest absolute Gasteiger partial charge is 0.220 e. The van der Waals surface area contributed by atoms with Crippen molar-refractivity contribution < 1.29 is 4.79 Å². The van der Waals surface area contributed by atoms with Crippen molar-refractivity contribution in [3.8, 4) is 6.07 Å². The Bertz CT molecular complexity index is 397. The van der Waals surface area contributed by atoms with Crippen LogP contribution in [0.1, 0.15) is 37.3 Å². The highest BCUT2D eigenvalue weighted by molar-refractivity contribution is 5.75. The molecule has 4 nitrogen and oxygen atoms in total. The predicted octanol–water partition coefficient (Wildman–Crippen LogP) is 1.89. The fraction of sp³-hybridized carbons (Fsp3) is 0.429. The van der Waals surface area contributed by atoms with Gasteiger partial charge in [0.2, 0.25) is 5.91 Å². The Morgan fingerprint density at radius 2 is 2.11 bits per heavy atom. The molecular weight excluding hydrogens is 226 g/mol. The van der Waals surface area contributed by atoms with Crippen LogP contribution in [0.3, 0.4) is 0 Å². The number of benzene rings is 1. The minimum Gasteiger partial charge on any atom is -0.356 e. The molecular formula is C14H19N3O. The van der Waals surface area contributed by atoms with Gasteiger partial charge in [-0.2, -0.15) is 5.26 Å². The number of nitrogens with zero attached hydrogens (tertiary/aromatic N) is 1. The summed E-state index contributed by atoms with van der Waals surface area (Å²) in [5.74, 6) is -0.000629. The van der Waals surface area contributed by atoms with Gasteiger partial charge in [0, 0.05) is 25.4 Å². The summed E-state index contributed by atoms with van der Waals surface area (Å²) in [7, 11) is 0. The van der Waals surface area contributed by atoms with Crippen molar-refractivity contribution in [2.75, 3.05) is 6.54 Å². The average Bonchev–Trinajstić information content (AvgIpc) is 2.42. The van der Waals surface area contributed by atoms with Crippen LogP contribution in [-0.2, 0) is 4.79 Å². The van der Waals surface area contributed by atoms with Crippen molar-refractivity contribution in [2.24, 2.45) is 5.73 Å². The summed E-state index contributed by atoms with van der Waals surface area (Å²) < 4.78 is 0. The minimum atomic E-state index is -0.101. The molecule has 0 aliphatic rings. The first-order valence-corrected chi connectivity index (χ1v) is 6.18. The topological polar surface area (TPSA) is 78.9 Å². The molecule has 3 N–H and O–H groups in total. The first-order chi connectivity index (χ1) is 8.74. The van der Waals surface area contributed by atoms with E-state index in [0.29, 0.717) is 32.2 Å². The molecule has 0 bridgehead atoms. The van der Waals surface area contributed by atoms with Gasteiger partial charge in [0.25, 0.3) is 0 Å². The fourth-order valence-corrected chi connectivity index (χ4v) is 1.64. The lowest BCUT2D eigenvalue weighted by Gasteiger charge is -2.11. The molecule has 0 aliphatic heterocycles. The van der Waals surface area contributed by atoms with E-state index in [1.807, 2.05) is 36.4 Å². The van der Waals surface area contributed by atoms with Crippen LogP contribution in [0.2, 0.25) is 0 Å². The number of carbonyl (C=O) groups excluding carboxylic acids is 1. The summed E-state index contributed by atoms with van der Waals surface area (Å²) in [6.45, 7) is 0.562. The lowest BCUT2D eigenvalue weighted by atomic mass is 10.0. The molecule has 96 valence electrons.